The standard InChI is InChI=1S/C14H19N3O3/c1-3-14(16,10-15)7-4-8-20-13-9-11(2)5-6-12(13)17(18)19/h5-6,9H,3-4,7-8,16H2,1-2H3. The van der Waals surface area contributed by atoms with Crippen LogP contribution in [0.2, 0.25) is 0 Å². The average Bonchev–Trinajstić information content (AvgIpc) is 2.43. The van der Waals surface area contributed by atoms with Crippen molar-refractivity contribution in [1.29, 1.82) is 5.26 Å². The first-order valence-corrected chi connectivity index (χ1v) is 6.50. The van der Waals surface area contributed by atoms with E-state index in [1.807, 2.05) is 13.8 Å². The van der Waals surface area contributed by atoms with Gasteiger partial charge in [-0.3, -0.25) is 10.1 Å². The molecule has 0 aliphatic rings. The molecular formula is C14H19N3O3. The Hall–Kier alpha value is -2.13. The smallest absolute Gasteiger partial charge is 0.310 e. The minimum atomic E-state index is -0.845. The molecule has 1 aromatic carbocycles. The number of hydrogen-bond acceptors (Lipinski definition) is 5. The molecule has 0 amide bonds. The van der Waals surface area contributed by atoms with Crippen LogP contribution in [0.4, 0.5) is 5.69 Å². The van der Waals surface area contributed by atoms with Gasteiger partial charge < -0.3 is 10.5 Å². The molecule has 108 valence electrons. The lowest BCUT2D eigenvalue weighted by Gasteiger charge is -2.18. The molecule has 1 aromatic rings. The zero-order valence-corrected chi connectivity index (χ0v) is 11.8. The van der Waals surface area contributed by atoms with Crippen molar-refractivity contribution >= 4 is 5.69 Å². The van der Waals surface area contributed by atoms with E-state index in [9.17, 15) is 10.1 Å². The summed E-state index contributed by atoms with van der Waals surface area (Å²) in [6, 6.07) is 6.82. The highest BCUT2D eigenvalue weighted by Gasteiger charge is 2.21. The molecule has 0 radical (unpaired) electrons. The second-order valence-corrected chi connectivity index (χ2v) is 4.80. The number of benzene rings is 1. The lowest BCUT2D eigenvalue weighted by molar-refractivity contribution is -0.385. The van der Waals surface area contributed by atoms with Gasteiger partial charge in [0, 0.05) is 6.07 Å². The first kappa shape index (κ1) is 15.9. The minimum absolute atomic E-state index is 0.0506. The summed E-state index contributed by atoms with van der Waals surface area (Å²) in [6.45, 7) is 3.99. The van der Waals surface area contributed by atoms with Crippen LogP contribution in [0.3, 0.4) is 0 Å². The summed E-state index contributed by atoms with van der Waals surface area (Å²) in [5.41, 5.74) is 5.85. The van der Waals surface area contributed by atoms with Crippen molar-refractivity contribution in [2.75, 3.05) is 6.61 Å². The van der Waals surface area contributed by atoms with Crippen LogP contribution in [-0.4, -0.2) is 17.1 Å². The minimum Gasteiger partial charge on any atom is -0.487 e. The fourth-order valence-corrected chi connectivity index (χ4v) is 1.77. The Balaban J connectivity index is 2.61. The second-order valence-electron chi connectivity index (χ2n) is 4.80. The maximum atomic E-state index is 10.9. The number of nitro groups is 1. The number of nitro benzene ring substituents is 1. The van der Waals surface area contributed by atoms with Gasteiger partial charge in [0.15, 0.2) is 5.75 Å². The molecule has 1 rings (SSSR count). The van der Waals surface area contributed by atoms with Crippen LogP contribution >= 0.6 is 0 Å². The molecule has 6 heteroatoms. The van der Waals surface area contributed by atoms with Gasteiger partial charge in [-0.15, -0.1) is 0 Å². The van der Waals surface area contributed by atoms with E-state index in [1.54, 1.807) is 12.1 Å². The molecule has 0 aliphatic heterocycles. The Morgan fingerprint density at radius 2 is 2.25 bits per heavy atom. The molecule has 0 spiro atoms. The maximum Gasteiger partial charge on any atom is 0.310 e. The Bertz CT molecular complexity index is 525. The van der Waals surface area contributed by atoms with Crippen molar-refractivity contribution in [1.82, 2.24) is 0 Å². The fraction of sp³-hybridized carbons (Fsp3) is 0.500. The van der Waals surface area contributed by atoms with Gasteiger partial charge in [-0.05, 0) is 37.8 Å². The van der Waals surface area contributed by atoms with Crippen molar-refractivity contribution in [3.63, 3.8) is 0 Å². The van der Waals surface area contributed by atoms with Gasteiger partial charge in [-0.25, -0.2) is 0 Å². The topological polar surface area (TPSA) is 102 Å². The molecule has 0 aliphatic carbocycles. The lowest BCUT2D eigenvalue weighted by Crippen LogP contribution is -2.37. The molecule has 0 saturated carbocycles. The van der Waals surface area contributed by atoms with Gasteiger partial charge in [-0.2, -0.15) is 5.26 Å². The van der Waals surface area contributed by atoms with Crippen LogP contribution in [0.15, 0.2) is 18.2 Å². The maximum absolute atomic E-state index is 10.9. The van der Waals surface area contributed by atoms with E-state index in [4.69, 9.17) is 15.7 Å². The molecule has 1 atom stereocenters. The number of nitriles is 1. The summed E-state index contributed by atoms with van der Waals surface area (Å²) in [4.78, 5) is 10.4. The van der Waals surface area contributed by atoms with Crippen LogP contribution in [0.1, 0.15) is 31.7 Å². The van der Waals surface area contributed by atoms with Crippen molar-refractivity contribution in [3.05, 3.63) is 33.9 Å². The van der Waals surface area contributed by atoms with Gasteiger partial charge in [0.05, 0.1) is 17.6 Å². The zero-order chi connectivity index (χ0) is 15.2. The van der Waals surface area contributed by atoms with Crippen LogP contribution in [0, 0.1) is 28.4 Å². The molecule has 1 unspecified atom stereocenters. The third kappa shape index (κ3) is 4.21. The van der Waals surface area contributed by atoms with Gasteiger partial charge in [0.1, 0.15) is 5.54 Å². The number of aryl methyl sites for hydroxylation is 1. The van der Waals surface area contributed by atoms with Crippen LogP contribution in [-0.2, 0) is 0 Å². The van der Waals surface area contributed by atoms with Gasteiger partial charge in [0.2, 0.25) is 0 Å². The Morgan fingerprint density at radius 1 is 1.55 bits per heavy atom. The molecule has 0 aromatic heterocycles. The first-order valence-electron chi connectivity index (χ1n) is 6.50. The van der Waals surface area contributed by atoms with E-state index in [0.29, 0.717) is 25.9 Å². The SMILES string of the molecule is CCC(N)(C#N)CCCOc1cc(C)ccc1[N+](=O)[O-]. The highest BCUT2D eigenvalue weighted by molar-refractivity contribution is 5.48. The van der Waals surface area contributed by atoms with Crippen molar-refractivity contribution < 1.29 is 9.66 Å². The molecule has 0 saturated heterocycles. The Morgan fingerprint density at radius 3 is 2.80 bits per heavy atom. The Labute approximate surface area is 118 Å². The predicted molar refractivity (Wildman–Crippen MR) is 75.4 cm³/mol. The molecule has 6 nitrogen and oxygen atoms in total. The number of rotatable bonds is 7. The summed E-state index contributed by atoms with van der Waals surface area (Å²) in [5, 5.41) is 19.8. The van der Waals surface area contributed by atoms with Crippen molar-refractivity contribution in [3.8, 4) is 11.8 Å². The highest BCUT2D eigenvalue weighted by atomic mass is 16.6. The van der Waals surface area contributed by atoms with Crippen LogP contribution < -0.4 is 10.5 Å². The zero-order valence-electron chi connectivity index (χ0n) is 11.8. The third-order valence-corrected chi connectivity index (χ3v) is 3.19. The van der Waals surface area contributed by atoms with E-state index in [2.05, 4.69) is 6.07 Å². The summed E-state index contributed by atoms with van der Waals surface area (Å²) in [7, 11) is 0. The normalized spacial score (nSPS) is 13.3. The lowest BCUT2D eigenvalue weighted by atomic mass is 9.94. The predicted octanol–water partition coefficient (Wildman–Crippen LogP) is 2.69. The number of hydrogen-bond donors (Lipinski definition) is 1. The highest BCUT2D eigenvalue weighted by Crippen LogP contribution is 2.28. The largest absolute Gasteiger partial charge is 0.487 e. The number of ether oxygens (including phenoxy) is 1. The van der Waals surface area contributed by atoms with Crippen molar-refractivity contribution in [2.45, 2.75) is 38.6 Å². The number of nitrogens with two attached hydrogens (primary N) is 1. The van der Waals surface area contributed by atoms with Gasteiger partial charge in [0.25, 0.3) is 0 Å². The Kier molecular flexibility index (Phi) is 5.47. The monoisotopic (exact) mass is 277 g/mol. The van der Waals surface area contributed by atoms with Gasteiger partial charge >= 0.3 is 5.69 Å². The van der Waals surface area contributed by atoms with E-state index >= 15 is 0 Å². The van der Waals surface area contributed by atoms with Crippen molar-refractivity contribution in [2.24, 2.45) is 5.73 Å². The fourth-order valence-electron chi connectivity index (χ4n) is 1.77. The molecule has 20 heavy (non-hydrogen) atoms. The van der Waals surface area contributed by atoms with E-state index < -0.39 is 10.5 Å². The first-order chi connectivity index (χ1) is 9.41. The summed E-state index contributed by atoms with van der Waals surface area (Å²) < 4.78 is 5.46. The molecule has 0 heterocycles. The van der Waals surface area contributed by atoms with Crippen LogP contribution in [0.5, 0.6) is 5.75 Å². The summed E-state index contributed by atoms with van der Waals surface area (Å²) in [6.07, 6.45) is 1.64. The molecule has 0 fully saturated rings. The number of nitrogens with zero attached hydrogens (tertiary/aromatic N) is 2. The summed E-state index contributed by atoms with van der Waals surface area (Å²) in [5.74, 6) is 0.256. The summed E-state index contributed by atoms with van der Waals surface area (Å²) >= 11 is 0. The third-order valence-electron chi connectivity index (χ3n) is 3.19. The molecular weight excluding hydrogens is 258 g/mol. The van der Waals surface area contributed by atoms with E-state index in [1.165, 1.54) is 6.07 Å². The average molecular weight is 277 g/mol. The molecule has 0 bridgehead atoms. The molecule has 2 N–H and O–H groups in total. The van der Waals surface area contributed by atoms with Gasteiger partial charge in [-0.1, -0.05) is 13.0 Å². The van der Waals surface area contributed by atoms with E-state index in [-0.39, 0.29) is 11.4 Å². The van der Waals surface area contributed by atoms with Crippen LogP contribution in [0.25, 0.3) is 0 Å². The second kappa shape index (κ2) is 6.87. The van der Waals surface area contributed by atoms with E-state index in [0.717, 1.165) is 5.56 Å². The quantitative estimate of drug-likeness (QED) is 0.469.